The molecule has 3 heteroatoms. The van der Waals surface area contributed by atoms with Gasteiger partial charge in [0.1, 0.15) is 0 Å². The van der Waals surface area contributed by atoms with E-state index in [2.05, 4.69) is 6.07 Å². The number of nitrogens with zero attached hydrogens (tertiary/aromatic N) is 2. The van der Waals surface area contributed by atoms with Gasteiger partial charge in [-0.25, -0.2) is 0 Å². The molecule has 0 bridgehead atoms. The highest BCUT2D eigenvalue weighted by molar-refractivity contribution is 5.75. The maximum Gasteiger partial charge on any atom is 0.0991 e. The predicted molar refractivity (Wildman–Crippen MR) is 74.8 cm³/mol. The van der Waals surface area contributed by atoms with Crippen LogP contribution in [0.25, 0.3) is 0 Å². The first-order valence-corrected chi connectivity index (χ1v) is 5.72. The van der Waals surface area contributed by atoms with Gasteiger partial charge in [-0.2, -0.15) is 5.26 Å². The van der Waals surface area contributed by atoms with Gasteiger partial charge in [-0.1, -0.05) is 6.07 Å². The second-order valence-electron chi connectivity index (χ2n) is 4.28. The van der Waals surface area contributed by atoms with Crippen molar-refractivity contribution in [3.8, 4) is 6.07 Å². The zero-order valence-electron chi connectivity index (χ0n) is 10.5. The van der Waals surface area contributed by atoms with Crippen LogP contribution in [-0.4, -0.2) is 7.05 Å². The van der Waals surface area contributed by atoms with Gasteiger partial charge in [-0.15, -0.1) is 0 Å². The van der Waals surface area contributed by atoms with E-state index in [9.17, 15) is 0 Å². The fourth-order valence-corrected chi connectivity index (χ4v) is 1.84. The number of nitrogens with two attached hydrogens (primary N) is 1. The zero-order valence-corrected chi connectivity index (χ0v) is 10.5. The topological polar surface area (TPSA) is 53.0 Å². The number of anilines is 3. The van der Waals surface area contributed by atoms with Gasteiger partial charge in [0.2, 0.25) is 0 Å². The Labute approximate surface area is 107 Å². The highest BCUT2D eigenvalue weighted by Gasteiger charge is 2.07. The number of nitrogen functional groups attached to an aromatic ring is 1. The lowest BCUT2D eigenvalue weighted by Crippen LogP contribution is -2.11. The molecule has 2 N–H and O–H groups in total. The Morgan fingerprint density at radius 1 is 1.11 bits per heavy atom. The molecule has 0 aliphatic carbocycles. The molecule has 0 saturated heterocycles. The van der Waals surface area contributed by atoms with Gasteiger partial charge >= 0.3 is 0 Å². The quantitative estimate of drug-likeness (QED) is 0.816. The van der Waals surface area contributed by atoms with Crippen molar-refractivity contribution in [1.82, 2.24) is 0 Å². The Balaban J connectivity index is 2.38. The largest absolute Gasteiger partial charge is 0.397 e. The van der Waals surface area contributed by atoms with E-state index in [4.69, 9.17) is 11.0 Å². The molecule has 18 heavy (non-hydrogen) atoms. The molecule has 0 radical (unpaired) electrons. The molecular formula is C15H15N3. The van der Waals surface area contributed by atoms with Crippen molar-refractivity contribution in [3.05, 3.63) is 53.6 Å². The maximum atomic E-state index is 8.78. The molecule has 0 fully saturated rings. The molecule has 0 aliphatic rings. The zero-order chi connectivity index (χ0) is 13.1. The van der Waals surface area contributed by atoms with E-state index in [0.717, 1.165) is 17.1 Å². The lowest BCUT2D eigenvalue weighted by atomic mass is 10.1. The average molecular weight is 237 g/mol. The van der Waals surface area contributed by atoms with Crippen LogP contribution in [-0.2, 0) is 0 Å². The van der Waals surface area contributed by atoms with Crippen LogP contribution in [0, 0.1) is 18.3 Å². The third kappa shape index (κ3) is 2.28. The van der Waals surface area contributed by atoms with Gasteiger partial charge in [0.05, 0.1) is 23.0 Å². The summed E-state index contributed by atoms with van der Waals surface area (Å²) in [6.07, 6.45) is 0. The normalized spacial score (nSPS) is 9.83. The minimum absolute atomic E-state index is 0.657. The number of hydrogen-bond acceptors (Lipinski definition) is 3. The van der Waals surface area contributed by atoms with E-state index in [1.54, 1.807) is 12.1 Å². The fraction of sp³-hybridized carbons (Fsp3) is 0.133. The van der Waals surface area contributed by atoms with Crippen LogP contribution in [0.3, 0.4) is 0 Å². The van der Waals surface area contributed by atoms with E-state index in [0.29, 0.717) is 5.56 Å². The third-order valence-corrected chi connectivity index (χ3v) is 2.93. The van der Waals surface area contributed by atoms with Crippen LogP contribution in [0.2, 0.25) is 0 Å². The van der Waals surface area contributed by atoms with E-state index < -0.39 is 0 Å². The summed E-state index contributed by atoms with van der Waals surface area (Å²) in [7, 11) is 1.96. The monoisotopic (exact) mass is 237 g/mol. The van der Waals surface area contributed by atoms with Crippen molar-refractivity contribution >= 4 is 17.1 Å². The molecule has 0 amide bonds. The molecule has 0 heterocycles. The van der Waals surface area contributed by atoms with Crippen molar-refractivity contribution in [3.63, 3.8) is 0 Å². The highest BCUT2D eigenvalue weighted by Crippen LogP contribution is 2.29. The summed E-state index contributed by atoms with van der Waals surface area (Å²) in [5.74, 6) is 0. The van der Waals surface area contributed by atoms with Crippen LogP contribution in [0.15, 0.2) is 42.5 Å². The summed E-state index contributed by atoms with van der Waals surface area (Å²) in [5.41, 5.74) is 10.5. The molecular weight excluding hydrogens is 222 g/mol. The highest BCUT2D eigenvalue weighted by atomic mass is 15.1. The minimum Gasteiger partial charge on any atom is -0.397 e. The summed E-state index contributed by atoms with van der Waals surface area (Å²) < 4.78 is 0. The molecule has 0 saturated carbocycles. The predicted octanol–water partition coefficient (Wildman–Crippen LogP) is 3.22. The second-order valence-corrected chi connectivity index (χ2v) is 4.28. The number of hydrogen-bond donors (Lipinski definition) is 1. The van der Waals surface area contributed by atoms with Crippen molar-refractivity contribution in [2.45, 2.75) is 6.92 Å². The van der Waals surface area contributed by atoms with Gasteiger partial charge in [0, 0.05) is 12.7 Å². The Morgan fingerprint density at radius 2 is 1.78 bits per heavy atom. The van der Waals surface area contributed by atoms with Gasteiger partial charge in [-0.05, 0) is 48.9 Å². The Hall–Kier alpha value is -2.47. The number of rotatable bonds is 2. The summed E-state index contributed by atoms with van der Waals surface area (Å²) in [6.45, 7) is 2.04. The molecule has 2 aromatic carbocycles. The van der Waals surface area contributed by atoms with Gasteiger partial charge in [0.25, 0.3) is 0 Å². The molecule has 0 aliphatic heterocycles. The van der Waals surface area contributed by atoms with Crippen molar-refractivity contribution in [1.29, 1.82) is 5.26 Å². The summed E-state index contributed by atoms with van der Waals surface area (Å²) in [5, 5.41) is 8.78. The molecule has 0 atom stereocenters. The number of benzene rings is 2. The van der Waals surface area contributed by atoms with Crippen LogP contribution in [0.4, 0.5) is 17.1 Å². The van der Waals surface area contributed by atoms with Crippen LogP contribution in [0.1, 0.15) is 11.1 Å². The molecule has 2 rings (SSSR count). The van der Waals surface area contributed by atoms with Crippen LogP contribution >= 0.6 is 0 Å². The van der Waals surface area contributed by atoms with E-state index >= 15 is 0 Å². The molecule has 0 unspecified atom stereocenters. The lowest BCUT2D eigenvalue weighted by molar-refractivity contribution is 1.20. The Kier molecular flexibility index (Phi) is 3.20. The fourth-order valence-electron chi connectivity index (χ4n) is 1.84. The second kappa shape index (κ2) is 4.80. The maximum absolute atomic E-state index is 8.78. The van der Waals surface area contributed by atoms with E-state index in [1.807, 2.05) is 49.2 Å². The number of aryl methyl sites for hydroxylation is 1. The average Bonchev–Trinajstić information content (AvgIpc) is 2.41. The lowest BCUT2D eigenvalue weighted by Gasteiger charge is -2.21. The minimum atomic E-state index is 0.657. The smallest absolute Gasteiger partial charge is 0.0991 e. The molecule has 0 aromatic heterocycles. The summed E-state index contributed by atoms with van der Waals surface area (Å²) >= 11 is 0. The summed E-state index contributed by atoms with van der Waals surface area (Å²) in [4.78, 5) is 2.02. The first kappa shape index (κ1) is 12.0. The Bertz CT molecular complexity index is 594. The van der Waals surface area contributed by atoms with Crippen molar-refractivity contribution < 1.29 is 0 Å². The van der Waals surface area contributed by atoms with E-state index in [-0.39, 0.29) is 0 Å². The van der Waals surface area contributed by atoms with Crippen LogP contribution in [0.5, 0.6) is 0 Å². The van der Waals surface area contributed by atoms with Crippen molar-refractivity contribution in [2.24, 2.45) is 0 Å². The van der Waals surface area contributed by atoms with Crippen LogP contribution < -0.4 is 10.6 Å². The summed E-state index contributed by atoms with van der Waals surface area (Å²) in [6, 6.07) is 15.5. The van der Waals surface area contributed by atoms with Gasteiger partial charge in [-0.3, -0.25) is 0 Å². The van der Waals surface area contributed by atoms with Crippen molar-refractivity contribution in [2.75, 3.05) is 17.7 Å². The first-order chi connectivity index (χ1) is 8.61. The molecule has 90 valence electrons. The Morgan fingerprint density at radius 3 is 2.39 bits per heavy atom. The van der Waals surface area contributed by atoms with E-state index in [1.165, 1.54) is 5.56 Å². The first-order valence-electron chi connectivity index (χ1n) is 5.72. The van der Waals surface area contributed by atoms with Gasteiger partial charge in [0.15, 0.2) is 0 Å². The van der Waals surface area contributed by atoms with Gasteiger partial charge < -0.3 is 10.6 Å². The molecule has 2 aromatic rings. The standard InChI is InChI=1S/C15H15N3/c1-11-3-8-14(17)15(9-11)18(2)13-6-4-12(10-16)5-7-13/h3-9H,17H2,1-2H3. The SMILES string of the molecule is Cc1ccc(N)c(N(C)c2ccc(C#N)cc2)c1. The number of nitriles is 1. The molecule has 0 spiro atoms. The molecule has 3 nitrogen and oxygen atoms in total. The third-order valence-electron chi connectivity index (χ3n) is 2.93.